The van der Waals surface area contributed by atoms with Crippen molar-refractivity contribution < 1.29 is 14.6 Å². The summed E-state index contributed by atoms with van der Waals surface area (Å²) in [5.41, 5.74) is 2.36. The lowest BCUT2D eigenvalue weighted by Crippen LogP contribution is -1.96. The molecular formula is C18H15ClFNO2. The Kier molecular flexibility index (Phi) is 5.15. The van der Waals surface area contributed by atoms with Crippen molar-refractivity contribution in [3.05, 3.63) is 58.4 Å². The number of hydrogen-bond donors (Lipinski definition) is 3. The molecule has 0 saturated carbocycles. The SMILES string of the molecule is C#C/C(=C/Cc1ccc(O)c(F)c1)c1cc(O)cc(Cl)c1NC. The highest BCUT2D eigenvalue weighted by Crippen LogP contribution is 2.34. The standard InChI is InChI=1S/C18H15ClFNO2/c1-3-12(6-4-11-5-7-17(23)16(20)8-11)14-9-13(22)10-15(19)18(14)21-2/h1,5-10,21-23H,4H2,2H3/b12-6-. The summed E-state index contributed by atoms with van der Waals surface area (Å²) >= 11 is 6.10. The first-order valence-corrected chi connectivity index (χ1v) is 7.19. The Morgan fingerprint density at radius 1 is 1.35 bits per heavy atom. The van der Waals surface area contributed by atoms with Gasteiger partial charge in [-0.1, -0.05) is 29.7 Å². The Morgan fingerprint density at radius 3 is 2.70 bits per heavy atom. The van der Waals surface area contributed by atoms with Gasteiger partial charge in [0.05, 0.1) is 10.7 Å². The van der Waals surface area contributed by atoms with Crippen LogP contribution in [0.4, 0.5) is 10.1 Å². The Labute approximate surface area is 139 Å². The summed E-state index contributed by atoms with van der Waals surface area (Å²) in [6.45, 7) is 0. The van der Waals surface area contributed by atoms with Crippen molar-refractivity contribution in [2.75, 3.05) is 12.4 Å². The van der Waals surface area contributed by atoms with Crippen LogP contribution < -0.4 is 5.32 Å². The molecule has 2 aromatic rings. The number of hydrogen-bond acceptors (Lipinski definition) is 3. The second-order valence-corrected chi connectivity index (χ2v) is 5.26. The first-order chi connectivity index (χ1) is 11.0. The number of nitrogens with one attached hydrogen (secondary N) is 1. The molecule has 0 aromatic heterocycles. The van der Waals surface area contributed by atoms with E-state index in [0.29, 0.717) is 33.8 Å². The molecule has 118 valence electrons. The monoisotopic (exact) mass is 331 g/mol. The van der Waals surface area contributed by atoms with Gasteiger partial charge in [-0.15, -0.1) is 6.42 Å². The molecule has 0 fully saturated rings. The largest absolute Gasteiger partial charge is 0.508 e. The van der Waals surface area contributed by atoms with Crippen LogP contribution in [0.2, 0.25) is 5.02 Å². The molecule has 2 rings (SSSR count). The van der Waals surface area contributed by atoms with Gasteiger partial charge in [-0.2, -0.15) is 0 Å². The molecule has 0 atom stereocenters. The molecular weight excluding hydrogens is 317 g/mol. The molecule has 0 unspecified atom stereocenters. The van der Waals surface area contributed by atoms with Crippen molar-refractivity contribution in [3.63, 3.8) is 0 Å². The fraction of sp³-hybridized carbons (Fsp3) is 0.111. The van der Waals surface area contributed by atoms with Gasteiger partial charge in [-0.3, -0.25) is 0 Å². The molecule has 0 aliphatic carbocycles. The molecule has 0 bridgehead atoms. The van der Waals surface area contributed by atoms with E-state index in [1.54, 1.807) is 19.2 Å². The zero-order valence-electron chi connectivity index (χ0n) is 12.4. The van der Waals surface area contributed by atoms with Crippen molar-refractivity contribution in [1.29, 1.82) is 0 Å². The molecule has 0 aliphatic heterocycles. The molecule has 3 N–H and O–H groups in total. The first-order valence-electron chi connectivity index (χ1n) is 6.81. The second kappa shape index (κ2) is 7.08. The average molecular weight is 332 g/mol. The lowest BCUT2D eigenvalue weighted by Gasteiger charge is -2.12. The van der Waals surface area contributed by atoms with Crippen LogP contribution in [0.3, 0.4) is 0 Å². The summed E-state index contributed by atoms with van der Waals surface area (Å²) in [6, 6.07) is 7.07. The van der Waals surface area contributed by atoms with Crippen LogP contribution in [-0.4, -0.2) is 17.3 Å². The van der Waals surface area contributed by atoms with Gasteiger partial charge in [0.25, 0.3) is 0 Å². The van der Waals surface area contributed by atoms with Crippen LogP contribution in [-0.2, 0) is 6.42 Å². The average Bonchev–Trinajstić information content (AvgIpc) is 2.51. The number of phenols is 2. The van der Waals surface area contributed by atoms with Gasteiger partial charge in [0, 0.05) is 24.3 Å². The summed E-state index contributed by atoms with van der Waals surface area (Å²) in [5, 5.41) is 22.2. The van der Waals surface area contributed by atoms with Crippen LogP contribution in [0.15, 0.2) is 36.4 Å². The summed E-state index contributed by atoms with van der Waals surface area (Å²) < 4.78 is 13.4. The Morgan fingerprint density at radius 2 is 2.09 bits per heavy atom. The van der Waals surface area contributed by atoms with E-state index >= 15 is 0 Å². The number of aromatic hydroxyl groups is 2. The van der Waals surface area contributed by atoms with Crippen molar-refractivity contribution in [2.45, 2.75) is 6.42 Å². The third-order valence-corrected chi connectivity index (χ3v) is 3.62. The molecule has 0 spiro atoms. The zero-order chi connectivity index (χ0) is 17.0. The molecule has 5 heteroatoms. The molecule has 0 amide bonds. The van der Waals surface area contributed by atoms with Gasteiger partial charge >= 0.3 is 0 Å². The van der Waals surface area contributed by atoms with Crippen LogP contribution in [0, 0.1) is 18.2 Å². The minimum atomic E-state index is -0.686. The number of benzene rings is 2. The summed E-state index contributed by atoms with van der Waals surface area (Å²) in [7, 11) is 1.70. The van der Waals surface area contributed by atoms with Gasteiger partial charge in [0.1, 0.15) is 5.75 Å². The maximum atomic E-state index is 13.4. The van der Waals surface area contributed by atoms with Gasteiger partial charge in [-0.25, -0.2) is 4.39 Å². The molecule has 23 heavy (non-hydrogen) atoms. The number of rotatable bonds is 4. The van der Waals surface area contributed by atoms with Gasteiger partial charge in [0.2, 0.25) is 0 Å². The quantitative estimate of drug-likeness (QED) is 0.581. The van der Waals surface area contributed by atoms with E-state index < -0.39 is 11.6 Å². The zero-order valence-corrected chi connectivity index (χ0v) is 13.2. The molecule has 2 aromatic carbocycles. The van der Waals surface area contributed by atoms with Gasteiger partial charge in [0.15, 0.2) is 11.6 Å². The van der Waals surface area contributed by atoms with Crippen molar-refractivity contribution in [3.8, 4) is 23.8 Å². The Balaban J connectivity index is 2.40. The summed E-state index contributed by atoms with van der Waals surface area (Å²) in [4.78, 5) is 0. The van der Waals surface area contributed by atoms with Crippen molar-refractivity contribution >= 4 is 22.9 Å². The van der Waals surface area contributed by atoms with E-state index in [1.807, 2.05) is 0 Å². The highest BCUT2D eigenvalue weighted by atomic mass is 35.5. The van der Waals surface area contributed by atoms with E-state index in [4.69, 9.17) is 18.0 Å². The van der Waals surface area contributed by atoms with E-state index in [1.165, 1.54) is 24.3 Å². The lowest BCUT2D eigenvalue weighted by molar-refractivity contribution is 0.432. The predicted octanol–water partition coefficient (Wildman–Crippen LogP) is 4.19. The van der Waals surface area contributed by atoms with E-state index in [2.05, 4.69) is 11.2 Å². The normalized spacial score (nSPS) is 11.1. The minimum absolute atomic E-state index is 0.000767. The third-order valence-electron chi connectivity index (χ3n) is 3.32. The molecule has 0 heterocycles. The number of allylic oxidation sites excluding steroid dienone is 2. The van der Waals surface area contributed by atoms with Gasteiger partial charge < -0.3 is 15.5 Å². The summed E-state index contributed by atoms with van der Waals surface area (Å²) in [5.74, 6) is 1.47. The number of terminal acetylenes is 1. The number of halogens is 2. The highest BCUT2D eigenvalue weighted by molar-refractivity contribution is 6.34. The van der Waals surface area contributed by atoms with Crippen LogP contribution in [0.1, 0.15) is 11.1 Å². The molecule has 0 saturated heterocycles. The van der Waals surface area contributed by atoms with E-state index in [0.717, 1.165) is 0 Å². The Hall–Kier alpha value is -2.64. The van der Waals surface area contributed by atoms with Gasteiger partial charge in [-0.05, 0) is 30.2 Å². The van der Waals surface area contributed by atoms with E-state index in [-0.39, 0.29) is 5.75 Å². The van der Waals surface area contributed by atoms with Crippen LogP contribution in [0.5, 0.6) is 11.5 Å². The van der Waals surface area contributed by atoms with E-state index in [9.17, 15) is 14.6 Å². The maximum Gasteiger partial charge on any atom is 0.165 e. The predicted molar refractivity (Wildman–Crippen MR) is 91.2 cm³/mol. The second-order valence-electron chi connectivity index (χ2n) is 4.85. The van der Waals surface area contributed by atoms with Crippen LogP contribution in [0.25, 0.3) is 5.57 Å². The highest BCUT2D eigenvalue weighted by Gasteiger charge is 2.11. The first kappa shape index (κ1) is 16.7. The van der Waals surface area contributed by atoms with Crippen molar-refractivity contribution in [1.82, 2.24) is 0 Å². The van der Waals surface area contributed by atoms with Crippen LogP contribution >= 0.6 is 11.6 Å². The number of anilines is 1. The maximum absolute atomic E-state index is 13.4. The molecule has 3 nitrogen and oxygen atoms in total. The molecule has 0 radical (unpaired) electrons. The minimum Gasteiger partial charge on any atom is -0.508 e. The lowest BCUT2D eigenvalue weighted by atomic mass is 10.0. The summed E-state index contributed by atoms with van der Waals surface area (Å²) in [6.07, 6.45) is 7.66. The fourth-order valence-corrected chi connectivity index (χ4v) is 2.51. The fourth-order valence-electron chi connectivity index (χ4n) is 2.20. The Bertz CT molecular complexity index is 809. The smallest absolute Gasteiger partial charge is 0.165 e. The topological polar surface area (TPSA) is 52.5 Å². The third kappa shape index (κ3) is 3.77. The number of phenolic OH excluding ortho intramolecular Hbond substituents is 2. The molecule has 0 aliphatic rings. The van der Waals surface area contributed by atoms with Crippen molar-refractivity contribution in [2.24, 2.45) is 0 Å².